The zero-order valence-corrected chi connectivity index (χ0v) is 9.44. The largest absolute Gasteiger partial charge is 0.494 e. The van der Waals surface area contributed by atoms with Crippen LogP contribution in [0.15, 0.2) is 35.1 Å². The van der Waals surface area contributed by atoms with E-state index in [1.54, 1.807) is 12.1 Å². The van der Waals surface area contributed by atoms with E-state index >= 15 is 0 Å². The van der Waals surface area contributed by atoms with Crippen molar-refractivity contribution in [1.29, 1.82) is 0 Å². The highest BCUT2D eigenvalue weighted by Gasteiger charge is 2.03. The number of hydrogen-bond donors (Lipinski definition) is 1. The van der Waals surface area contributed by atoms with Crippen LogP contribution in [0, 0.1) is 5.82 Å². The maximum atomic E-state index is 13.4. The molecule has 2 aromatic rings. The zero-order chi connectivity index (χ0) is 12.1. The summed E-state index contributed by atoms with van der Waals surface area (Å²) in [5.41, 5.74) is 1.67. The van der Waals surface area contributed by atoms with E-state index in [0.717, 1.165) is 11.3 Å². The second-order valence-electron chi connectivity index (χ2n) is 3.56. The summed E-state index contributed by atoms with van der Waals surface area (Å²) in [5, 5.41) is 6.90. The van der Waals surface area contributed by atoms with E-state index in [4.69, 9.17) is 9.26 Å². The lowest BCUT2D eigenvalue weighted by molar-refractivity contribution is 0.386. The number of nitrogens with one attached hydrogen (secondary N) is 1. The molecule has 0 amide bonds. The summed E-state index contributed by atoms with van der Waals surface area (Å²) in [7, 11) is 1.45. The zero-order valence-electron chi connectivity index (χ0n) is 9.44. The van der Waals surface area contributed by atoms with Gasteiger partial charge in [0, 0.05) is 19.2 Å². The Bertz CT molecular complexity index is 471. The first-order chi connectivity index (χ1) is 8.29. The molecule has 17 heavy (non-hydrogen) atoms. The van der Waals surface area contributed by atoms with Crippen LogP contribution in [-0.2, 0) is 13.1 Å². The van der Waals surface area contributed by atoms with Crippen molar-refractivity contribution >= 4 is 0 Å². The van der Waals surface area contributed by atoms with Crippen molar-refractivity contribution in [2.45, 2.75) is 13.1 Å². The molecule has 90 valence electrons. The molecule has 4 nitrogen and oxygen atoms in total. The van der Waals surface area contributed by atoms with Crippen LogP contribution in [-0.4, -0.2) is 12.3 Å². The Hall–Kier alpha value is -1.88. The minimum atomic E-state index is -0.353. The molecule has 0 aliphatic rings. The molecule has 1 N–H and O–H groups in total. The van der Waals surface area contributed by atoms with Crippen LogP contribution >= 0.6 is 0 Å². The van der Waals surface area contributed by atoms with E-state index < -0.39 is 0 Å². The highest BCUT2D eigenvalue weighted by atomic mass is 19.1. The predicted molar refractivity (Wildman–Crippen MR) is 60.0 cm³/mol. The topological polar surface area (TPSA) is 47.3 Å². The highest BCUT2D eigenvalue weighted by Crippen LogP contribution is 2.17. The number of benzene rings is 1. The van der Waals surface area contributed by atoms with Gasteiger partial charge in [-0.15, -0.1) is 0 Å². The summed E-state index contributed by atoms with van der Waals surface area (Å²) in [6.45, 7) is 1.15. The normalized spacial score (nSPS) is 10.5. The minimum absolute atomic E-state index is 0.255. The van der Waals surface area contributed by atoms with Crippen LogP contribution in [0.25, 0.3) is 0 Å². The molecule has 1 aromatic heterocycles. The molecule has 0 atom stereocenters. The van der Waals surface area contributed by atoms with Gasteiger partial charge in [0.15, 0.2) is 11.6 Å². The second kappa shape index (κ2) is 5.45. The molecule has 1 heterocycles. The maximum absolute atomic E-state index is 13.4. The first-order valence-electron chi connectivity index (χ1n) is 5.22. The summed E-state index contributed by atoms with van der Waals surface area (Å²) < 4.78 is 22.9. The van der Waals surface area contributed by atoms with Crippen molar-refractivity contribution in [2.24, 2.45) is 0 Å². The van der Waals surface area contributed by atoms with E-state index in [2.05, 4.69) is 10.5 Å². The molecule has 0 saturated carbocycles. The predicted octanol–water partition coefficient (Wildman–Crippen LogP) is 2.11. The number of methoxy groups -OCH3 is 1. The fourth-order valence-electron chi connectivity index (χ4n) is 1.48. The van der Waals surface area contributed by atoms with Gasteiger partial charge >= 0.3 is 0 Å². The number of ether oxygens (including phenoxy) is 1. The van der Waals surface area contributed by atoms with E-state index in [0.29, 0.717) is 13.1 Å². The van der Waals surface area contributed by atoms with Crippen molar-refractivity contribution in [3.05, 3.63) is 47.6 Å². The Morgan fingerprint density at radius 1 is 1.35 bits per heavy atom. The summed E-state index contributed by atoms with van der Waals surface area (Å²) in [5.74, 6) is -0.0986. The summed E-state index contributed by atoms with van der Waals surface area (Å²) in [6, 6.07) is 6.66. The average molecular weight is 236 g/mol. The van der Waals surface area contributed by atoms with Crippen LogP contribution in [0.5, 0.6) is 5.75 Å². The molecule has 0 aliphatic carbocycles. The molecule has 0 radical (unpaired) electrons. The fraction of sp³-hybridized carbons (Fsp3) is 0.250. The molecule has 0 spiro atoms. The van der Waals surface area contributed by atoms with Gasteiger partial charge in [0.1, 0.15) is 6.26 Å². The third-order valence-electron chi connectivity index (χ3n) is 2.34. The smallest absolute Gasteiger partial charge is 0.165 e. The molecule has 2 rings (SSSR count). The molecule has 0 bridgehead atoms. The molecule has 0 fully saturated rings. The van der Waals surface area contributed by atoms with Crippen molar-refractivity contribution in [3.8, 4) is 5.75 Å². The van der Waals surface area contributed by atoms with E-state index in [9.17, 15) is 4.39 Å². The highest BCUT2D eigenvalue weighted by molar-refractivity contribution is 5.29. The third kappa shape index (κ3) is 3.04. The van der Waals surface area contributed by atoms with Gasteiger partial charge in [0.05, 0.1) is 12.8 Å². The molecule has 0 saturated heterocycles. The van der Waals surface area contributed by atoms with Crippen LogP contribution in [0.3, 0.4) is 0 Å². The molecular weight excluding hydrogens is 223 g/mol. The van der Waals surface area contributed by atoms with E-state index in [1.165, 1.54) is 19.4 Å². The van der Waals surface area contributed by atoms with E-state index in [1.807, 2.05) is 6.07 Å². The quantitative estimate of drug-likeness (QED) is 0.863. The van der Waals surface area contributed by atoms with Crippen LogP contribution in [0.4, 0.5) is 4.39 Å². The Morgan fingerprint density at radius 2 is 2.24 bits per heavy atom. The van der Waals surface area contributed by atoms with Gasteiger partial charge in [-0.2, -0.15) is 0 Å². The summed E-state index contributed by atoms with van der Waals surface area (Å²) >= 11 is 0. The van der Waals surface area contributed by atoms with Crippen LogP contribution in [0.1, 0.15) is 11.3 Å². The molecule has 0 aliphatic heterocycles. The SMILES string of the molecule is COc1ccc(CNCc2ccon2)cc1F. The number of rotatable bonds is 5. The van der Waals surface area contributed by atoms with Gasteiger partial charge in [0.25, 0.3) is 0 Å². The number of nitrogens with zero attached hydrogens (tertiary/aromatic N) is 1. The molecule has 1 aromatic carbocycles. The van der Waals surface area contributed by atoms with Crippen LogP contribution in [0.2, 0.25) is 0 Å². The van der Waals surface area contributed by atoms with Crippen molar-refractivity contribution in [2.75, 3.05) is 7.11 Å². The first kappa shape index (κ1) is 11.6. The van der Waals surface area contributed by atoms with Crippen molar-refractivity contribution < 1.29 is 13.7 Å². The summed E-state index contributed by atoms with van der Waals surface area (Å²) in [6.07, 6.45) is 1.52. The van der Waals surface area contributed by atoms with Gasteiger partial charge < -0.3 is 14.6 Å². The third-order valence-corrected chi connectivity index (χ3v) is 2.34. The van der Waals surface area contributed by atoms with E-state index in [-0.39, 0.29) is 11.6 Å². The number of halogens is 1. The van der Waals surface area contributed by atoms with Gasteiger partial charge in [0.2, 0.25) is 0 Å². The molecular formula is C12H13FN2O2. The number of hydrogen-bond acceptors (Lipinski definition) is 4. The van der Waals surface area contributed by atoms with Crippen molar-refractivity contribution in [3.63, 3.8) is 0 Å². The van der Waals surface area contributed by atoms with Crippen LogP contribution < -0.4 is 10.1 Å². The Balaban J connectivity index is 1.89. The Morgan fingerprint density at radius 3 is 2.88 bits per heavy atom. The standard InChI is InChI=1S/C12H13FN2O2/c1-16-12-3-2-9(6-11(12)13)7-14-8-10-4-5-17-15-10/h2-6,14H,7-8H2,1H3. The monoisotopic (exact) mass is 236 g/mol. The number of aromatic nitrogens is 1. The molecule has 0 unspecified atom stereocenters. The average Bonchev–Trinajstić information content (AvgIpc) is 2.82. The van der Waals surface area contributed by atoms with Crippen molar-refractivity contribution in [1.82, 2.24) is 10.5 Å². The summed E-state index contributed by atoms with van der Waals surface area (Å²) in [4.78, 5) is 0. The second-order valence-corrected chi connectivity index (χ2v) is 3.56. The Labute approximate surface area is 98.4 Å². The van der Waals surface area contributed by atoms with Gasteiger partial charge in [-0.3, -0.25) is 0 Å². The van der Waals surface area contributed by atoms with Gasteiger partial charge in [-0.05, 0) is 17.7 Å². The first-order valence-corrected chi connectivity index (χ1v) is 5.22. The maximum Gasteiger partial charge on any atom is 0.165 e. The van der Waals surface area contributed by atoms with Gasteiger partial charge in [-0.1, -0.05) is 11.2 Å². The Kier molecular flexibility index (Phi) is 3.72. The fourth-order valence-corrected chi connectivity index (χ4v) is 1.48. The lowest BCUT2D eigenvalue weighted by atomic mass is 10.2. The molecule has 5 heteroatoms. The lowest BCUT2D eigenvalue weighted by Gasteiger charge is -2.05. The van der Waals surface area contributed by atoms with Gasteiger partial charge in [-0.25, -0.2) is 4.39 Å². The lowest BCUT2D eigenvalue weighted by Crippen LogP contribution is -2.13. The minimum Gasteiger partial charge on any atom is -0.494 e.